The first-order chi connectivity index (χ1) is 12.8. The summed E-state index contributed by atoms with van der Waals surface area (Å²) in [5.41, 5.74) is 4.02. The van der Waals surface area contributed by atoms with Crippen LogP contribution < -0.4 is 0 Å². The van der Waals surface area contributed by atoms with Crippen molar-refractivity contribution in [3.63, 3.8) is 0 Å². The van der Waals surface area contributed by atoms with Crippen molar-refractivity contribution in [2.75, 3.05) is 0 Å². The zero-order chi connectivity index (χ0) is 17.5. The molecule has 5 rings (SSSR count). The van der Waals surface area contributed by atoms with E-state index in [0.717, 1.165) is 32.9 Å². The Kier molecular flexibility index (Phi) is 3.28. The molecule has 0 amide bonds. The maximum atomic E-state index is 13.6. The van der Waals surface area contributed by atoms with Crippen LogP contribution in [0.1, 0.15) is 5.56 Å². The molecular formula is C20H14FN5. The quantitative estimate of drug-likeness (QED) is 0.535. The summed E-state index contributed by atoms with van der Waals surface area (Å²) in [6.45, 7) is 0.601. The number of aromatic amines is 1. The summed E-state index contributed by atoms with van der Waals surface area (Å²) in [5, 5.41) is 16.5. The van der Waals surface area contributed by atoms with Crippen molar-refractivity contribution < 1.29 is 4.39 Å². The second-order valence-electron chi connectivity index (χ2n) is 6.20. The second-order valence-corrected chi connectivity index (χ2v) is 6.20. The number of benzene rings is 3. The van der Waals surface area contributed by atoms with Crippen molar-refractivity contribution in [3.8, 4) is 11.4 Å². The standard InChI is InChI=1S/C20H14FN5/c21-15-5-3-4-13(10-15)12-26-18-7-2-1-6-16(18)17-11-14(8-9-19(17)26)20-22-24-25-23-20/h1-11H,12H2,(H,22,23,24,25). The zero-order valence-corrected chi connectivity index (χ0v) is 13.7. The average molecular weight is 343 g/mol. The molecule has 0 unspecified atom stereocenters. The van der Waals surface area contributed by atoms with E-state index in [1.54, 1.807) is 12.1 Å². The SMILES string of the molecule is Fc1cccc(Cn2c3ccccc3c3cc(-c4nn[nH]n4)ccc32)c1. The molecule has 0 saturated heterocycles. The Morgan fingerprint density at radius 2 is 1.77 bits per heavy atom. The highest BCUT2D eigenvalue weighted by Crippen LogP contribution is 2.32. The van der Waals surface area contributed by atoms with E-state index in [1.165, 1.54) is 6.07 Å². The maximum Gasteiger partial charge on any atom is 0.204 e. The van der Waals surface area contributed by atoms with Crippen LogP contribution in [-0.2, 0) is 6.54 Å². The van der Waals surface area contributed by atoms with Gasteiger partial charge in [0.15, 0.2) is 0 Å². The van der Waals surface area contributed by atoms with Crippen LogP contribution in [0, 0.1) is 5.82 Å². The van der Waals surface area contributed by atoms with E-state index in [0.29, 0.717) is 12.4 Å². The number of fused-ring (bicyclic) bond motifs is 3. The molecule has 26 heavy (non-hydrogen) atoms. The first-order valence-corrected chi connectivity index (χ1v) is 8.29. The normalized spacial score (nSPS) is 11.4. The molecule has 0 aliphatic heterocycles. The summed E-state index contributed by atoms with van der Waals surface area (Å²) >= 11 is 0. The first-order valence-electron chi connectivity index (χ1n) is 8.29. The van der Waals surface area contributed by atoms with Gasteiger partial charge >= 0.3 is 0 Å². The molecule has 2 aromatic heterocycles. The van der Waals surface area contributed by atoms with Crippen molar-refractivity contribution in [2.24, 2.45) is 0 Å². The lowest BCUT2D eigenvalue weighted by Gasteiger charge is -2.08. The van der Waals surface area contributed by atoms with E-state index in [9.17, 15) is 4.39 Å². The molecule has 0 fully saturated rings. The van der Waals surface area contributed by atoms with Gasteiger partial charge in [-0.05, 0) is 47.2 Å². The minimum atomic E-state index is -0.220. The zero-order valence-electron chi connectivity index (χ0n) is 13.7. The average Bonchev–Trinajstić information content (AvgIpc) is 3.29. The highest BCUT2D eigenvalue weighted by molar-refractivity contribution is 6.09. The summed E-state index contributed by atoms with van der Waals surface area (Å²) < 4.78 is 15.8. The third-order valence-electron chi connectivity index (χ3n) is 4.61. The number of para-hydroxylation sites is 1. The van der Waals surface area contributed by atoms with Crippen molar-refractivity contribution in [2.45, 2.75) is 6.54 Å². The fourth-order valence-electron chi connectivity index (χ4n) is 3.47. The lowest BCUT2D eigenvalue weighted by atomic mass is 10.1. The second kappa shape index (κ2) is 5.77. The van der Waals surface area contributed by atoms with Gasteiger partial charge in [-0.3, -0.25) is 0 Å². The van der Waals surface area contributed by atoms with Crippen molar-refractivity contribution in [3.05, 3.63) is 78.1 Å². The predicted octanol–water partition coefficient (Wildman–Crippen LogP) is 4.16. The van der Waals surface area contributed by atoms with E-state index in [-0.39, 0.29) is 5.82 Å². The number of H-pyrrole nitrogens is 1. The largest absolute Gasteiger partial charge is 0.336 e. The number of aromatic nitrogens is 5. The van der Waals surface area contributed by atoms with Gasteiger partial charge in [0.2, 0.25) is 5.82 Å². The van der Waals surface area contributed by atoms with Crippen LogP contribution in [0.2, 0.25) is 0 Å². The van der Waals surface area contributed by atoms with E-state index in [2.05, 4.69) is 49.5 Å². The van der Waals surface area contributed by atoms with Gasteiger partial charge in [0.05, 0.1) is 0 Å². The molecule has 0 aliphatic carbocycles. The van der Waals surface area contributed by atoms with Crippen molar-refractivity contribution >= 4 is 21.8 Å². The fourth-order valence-corrected chi connectivity index (χ4v) is 3.47. The molecule has 0 aliphatic rings. The number of tetrazole rings is 1. The first kappa shape index (κ1) is 14.8. The summed E-state index contributed by atoms with van der Waals surface area (Å²) in [6.07, 6.45) is 0. The summed E-state index contributed by atoms with van der Waals surface area (Å²) in [5.74, 6) is 0.344. The van der Waals surface area contributed by atoms with Crippen molar-refractivity contribution in [1.82, 2.24) is 25.2 Å². The molecule has 0 saturated carbocycles. The van der Waals surface area contributed by atoms with Crippen LogP contribution in [0.4, 0.5) is 4.39 Å². The van der Waals surface area contributed by atoms with Gasteiger partial charge in [0.1, 0.15) is 5.82 Å². The van der Waals surface area contributed by atoms with E-state index in [4.69, 9.17) is 0 Å². The lowest BCUT2D eigenvalue weighted by Crippen LogP contribution is -1.99. The molecule has 0 radical (unpaired) electrons. The fraction of sp³-hybridized carbons (Fsp3) is 0.0500. The van der Waals surface area contributed by atoms with Gasteiger partial charge < -0.3 is 4.57 Å². The summed E-state index contributed by atoms with van der Waals surface area (Å²) in [4.78, 5) is 0. The third kappa shape index (κ3) is 2.35. The van der Waals surface area contributed by atoms with Gasteiger partial charge in [-0.1, -0.05) is 30.3 Å². The summed E-state index contributed by atoms with van der Waals surface area (Å²) in [6, 6.07) is 21.1. The van der Waals surface area contributed by atoms with Crippen LogP contribution in [0.3, 0.4) is 0 Å². The Hall–Kier alpha value is -3.54. The number of rotatable bonds is 3. The van der Waals surface area contributed by atoms with E-state index >= 15 is 0 Å². The molecule has 0 atom stereocenters. The molecule has 0 bridgehead atoms. The van der Waals surface area contributed by atoms with Gasteiger partial charge in [0.25, 0.3) is 0 Å². The van der Waals surface area contributed by atoms with E-state index < -0.39 is 0 Å². The Bertz CT molecular complexity index is 1220. The highest BCUT2D eigenvalue weighted by atomic mass is 19.1. The number of nitrogens with one attached hydrogen (secondary N) is 1. The minimum absolute atomic E-state index is 0.220. The predicted molar refractivity (Wildman–Crippen MR) is 98.1 cm³/mol. The van der Waals surface area contributed by atoms with Crippen LogP contribution in [0.25, 0.3) is 33.2 Å². The monoisotopic (exact) mass is 343 g/mol. The number of hydrogen-bond donors (Lipinski definition) is 1. The molecule has 5 aromatic rings. The topological polar surface area (TPSA) is 59.4 Å². The third-order valence-corrected chi connectivity index (χ3v) is 4.61. The molecule has 0 spiro atoms. The molecule has 1 N–H and O–H groups in total. The number of nitrogens with zero attached hydrogens (tertiary/aromatic N) is 4. The highest BCUT2D eigenvalue weighted by Gasteiger charge is 2.13. The smallest absolute Gasteiger partial charge is 0.204 e. The molecule has 5 nitrogen and oxygen atoms in total. The van der Waals surface area contributed by atoms with Crippen LogP contribution in [0.5, 0.6) is 0 Å². The van der Waals surface area contributed by atoms with E-state index in [1.807, 2.05) is 24.3 Å². The molecule has 126 valence electrons. The Labute approximate surface area is 148 Å². The van der Waals surface area contributed by atoms with Gasteiger partial charge in [-0.25, -0.2) is 4.39 Å². The van der Waals surface area contributed by atoms with Gasteiger partial charge in [-0.15, -0.1) is 10.2 Å². The minimum Gasteiger partial charge on any atom is -0.336 e. The maximum absolute atomic E-state index is 13.6. The molecule has 3 aromatic carbocycles. The van der Waals surface area contributed by atoms with Crippen LogP contribution >= 0.6 is 0 Å². The van der Waals surface area contributed by atoms with Crippen LogP contribution in [0.15, 0.2) is 66.7 Å². The molecular weight excluding hydrogens is 329 g/mol. The Morgan fingerprint density at radius 1 is 0.885 bits per heavy atom. The lowest BCUT2D eigenvalue weighted by molar-refractivity contribution is 0.624. The summed E-state index contributed by atoms with van der Waals surface area (Å²) in [7, 11) is 0. The van der Waals surface area contributed by atoms with Crippen molar-refractivity contribution in [1.29, 1.82) is 0 Å². The Morgan fingerprint density at radius 3 is 2.62 bits per heavy atom. The van der Waals surface area contributed by atoms with Gasteiger partial charge in [0, 0.05) is 33.9 Å². The van der Waals surface area contributed by atoms with Crippen LogP contribution in [-0.4, -0.2) is 25.2 Å². The molecule has 2 heterocycles. The molecule has 6 heteroatoms. The number of hydrogen-bond acceptors (Lipinski definition) is 3. The number of halogens is 1. The Balaban J connectivity index is 1.74. The van der Waals surface area contributed by atoms with Gasteiger partial charge in [-0.2, -0.15) is 5.21 Å².